The van der Waals surface area contributed by atoms with Crippen LogP contribution in [0.15, 0.2) is 0 Å². The van der Waals surface area contributed by atoms with Gasteiger partial charge in [0, 0.05) is 0 Å². The molecule has 1 aliphatic rings. The van der Waals surface area contributed by atoms with Crippen molar-refractivity contribution in [2.24, 2.45) is 0 Å². The molecule has 0 unspecified atom stereocenters. The topological polar surface area (TPSA) is 0 Å². The Morgan fingerprint density at radius 1 is 0.406 bits per heavy atom. The summed E-state index contributed by atoms with van der Waals surface area (Å²) in [7, 11) is 0. The third-order valence-electron chi connectivity index (χ3n) is 8.81. The van der Waals surface area contributed by atoms with Gasteiger partial charge in [0.25, 0.3) is 0 Å². The first kappa shape index (κ1) is 30.8. The van der Waals surface area contributed by atoms with E-state index in [4.69, 9.17) is 0 Å². The SMILES string of the molecule is CCCCCCC[CH2][Sn]([CH2]CCCCCCC)([CH2]CCCCCCC)[CH]1CCCCCC1. The van der Waals surface area contributed by atoms with Gasteiger partial charge in [-0.15, -0.1) is 0 Å². The van der Waals surface area contributed by atoms with Crippen molar-refractivity contribution in [2.45, 2.75) is 192 Å². The predicted molar refractivity (Wildman–Crippen MR) is 152 cm³/mol. The Bertz CT molecular complexity index is 328. The summed E-state index contributed by atoms with van der Waals surface area (Å²) in [4.78, 5) is 0. The van der Waals surface area contributed by atoms with Gasteiger partial charge in [-0.1, -0.05) is 0 Å². The molecule has 0 nitrogen and oxygen atoms in total. The van der Waals surface area contributed by atoms with Crippen LogP contribution in [0.3, 0.4) is 0 Å². The summed E-state index contributed by atoms with van der Waals surface area (Å²) in [5.41, 5.74) is 0. The van der Waals surface area contributed by atoms with Crippen LogP contribution < -0.4 is 0 Å². The van der Waals surface area contributed by atoms with Crippen molar-refractivity contribution in [3.63, 3.8) is 0 Å². The van der Waals surface area contributed by atoms with Gasteiger partial charge in [-0.2, -0.15) is 0 Å². The van der Waals surface area contributed by atoms with Crippen LogP contribution in [-0.2, 0) is 0 Å². The van der Waals surface area contributed by atoms with Crippen LogP contribution in [0.4, 0.5) is 0 Å². The third-order valence-corrected chi connectivity index (χ3v) is 27.0. The molecule has 1 fully saturated rings. The van der Waals surface area contributed by atoms with Crippen molar-refractivity contribution in [3.8, 4) is 0 Å². The molecule has 0 amide bonds. The summed E-state index contributed by atoms with van der Waals surface area (Å²) in [6.07, 6.45) is 36.7. The molecule has 0 bridgehead atoms. The summed E-state index contributed by atoms with van der Waals surface area (Å²) in [5, 5.41) is 0. The summed E-state index contributed by atoms with van der Waals surface area (Å²) in [6.45, 7) is 7.07. The van der Waals surface area contributed by atoms with Crippen LogP contribution >= 0.6 is 0 Å². The molecule has 0 heterocycles. The molecule has 1 heteroatoms. The molecule has 32 heavy (non-hydrogen) atoms. The van der Waals surface area contributed by atoms with E-state index in [9.17, 15) is 0 Å². The van der Waals surface area contributed by atoms with E-state index < -0.39 is 18.4 Å². The molecule has 1 aliphatic carbocycles. The van der Waals surface area contributed by atoms with E-state index >= 15 is 0 Å². The second-order valence-electron chi connectivity index (χ2n) is 11.6. The molecule has 0 atom stereocenters. The standard InChI is InChI=1S/3C8H17.C7H13.Sn/c3*1-3-5-7-8-6-4-2;1-2-4-6-7-5-3-1;/h3*1,3-8H2,2H3;1H,2-7H2;. The summed E-state index contributed by atoms with van der Waals surface area (Å²) >= 11 is -2.07. The van der Waals surface area contributed by atoms with Gasteiger partial charge in [-0.05, 0) is 0 Å². The second-order valence-corrected chi connectivity index (χ2v) is 26.0. The van der Waals surface area contributed by atoms with Gasteiger partial charge in [0.1, 0.15) is 0 Å². The fourth-order valence-electron chi connectivity index (χ4n) is 6.65. The van der Waals surface area contributed by atoms with Gasteiger partial charge in [0.05, 0.1) is 0 Å². The molecule has 1 rings (SSSR count). The van der Waals surface area contributed by atoms with Crippen molar-refractivity contribution in [3.05, 3.63) is 0 Å². The third kappa shape index (κ3) is 14.9. The van der Waals surface area contributed by atoms with Crippen LogP contribution in [0.5, 0.6) is 0 Å². The van der Waals surface area contributed by atoms with Gasteiger partial charge >= 0.3 is 210 Å². The van der Waals surface area contributed by atoms with Gasteiger partial charge in [0.15, 0.2) is 0 Å². The number of hydrogen-bond donors (Lipinski definition) is 0. The fourth-order valence-corrected chi connectivity index (χ4v) is 25.1. The van der Waals surface area contributed by atoms with Crippen molar-refractivity contribution in [1.29, 1.82) is 0 Å². The van der Waals surface area contributed by atoms with E-state index in [1.165, 1.54) is 81.0 Å². The van der Waals surface area contributed by atoms with Crippen molar-refractivity contribution >= 4 is 18.4 Å². The van der Waals surface area contributed by atoms with Gasteiger partial charge < -0.3 is 0 Å². The van der Waals surface area contributed by atoms with Crippen LogP contribution in [0.25, 0.3) is 0 Å². The Morgan fingerprint density at radius 2 is 0.719 bits per heavy atom. The summed E-state index contributed by atoms with van der Waals surface area (Å²) < 4.78 is 6.58. The minimum absolute atomic E-state index is 1.26. The molecule has 0 spiro atoms. The van der Waals surface area contributed by atoms with Gasteiger partial charge in [-0.25, -0.2) is 0 Å². The molecule has 0 aromatic carbocycles. The molecular weight excluding hydrogens is 491 g/mol. The van der Waals surface area contributed by atoms with E-state index in [1.807, 2.05) is 0 Å². The summed E-state index contributed by atoms with van der Waals surface area (Å²) in [5.74, 6) is 0. The van der Waals surface area contributed by atoms with Crippen LogP contribution in [0, 0.1) is 0 Å². The molecule has 0 aromatic rings. The Balaban J connectivity index is 2.70. The Morgan fingerprint density at radius 3 is 1.06 bits per heavy atom. The van der Waals surface area contributed by atoms with Crippen LogP contribution in [0.1, 0.15) is 175 Å². The predicted octanol–water partition coefficient (Wildman–Crippen LogP) is 12.2. The van der Waals surface area contributed by atoms with Crippen molar-refractivity contribution < 1.29 is 0 Å². The average Bonchev–Trinajstić information content (AvgIpc) is 3.10. The first-order valence-corrected chi connectivity index (χ1v) is 23.5. The zero-order valence-electron chi connectivity index (χ0n) is 23.2. The first-order chi connectivity index (χ1) is 15.8. The van der Waals surface area contributed by atoms with E-state index in [0.29, 0.717) is 0 Å². The molecule has 0 N–H and O–H groups in total. The zero-order chi connectivity index (χ0) is 23.2. The zero-order valence-corrected chi connectivity index (χ0v) is 26.0. The van der Waals surface area contributed by atoms with E-state index in [2.05, 4.69) is 20.8 Å². The van der Waals surface area contributed by atoms with Gasteiger partial charge in [0.2, 0.25) is 0 Å². The minimum atomic E-state index is -2.07. The Labute approximate surface area is 209 Å². The first-order valence-electron chi connectivity index (χ1n) is 15.8. The molecule has 0 aliphatic heterocycles. The van der Waals surface area contributed by atoms with E-state index in [-0.39, 0.29) is 0 Å². The molecule has 192 valence electrons. The molecular formula is C31H64Sn. The number of hydrogen-bond acceptors (Lipinski definition) is 0. The normalized spacial score (nSPS) is 15.8. The monoisotopic (exact) mass is 556 g/mol. The maximum absolute atomic E-state index is 2.36. The van der Waals surface area contributed by atoms with Crippen molar-refractivity contribution in [1.82, 2.24) is 0 Å². The molecule has 0 aromatic heterocycles. The van der Waals surface area contributed by atoms with E-state index in [1.54, 1.807) is 90.4 Å². The number of unbranched alkanes of at least 4 members (excludes halogenated alkanes) is 15. The Hall–Kier alpha value is 0.799. The molecule has 0 radical (unpaired) electrons. The van der Waals surface area contributed by atoms with Crippen LogP contribution in [-0.4, -0.2) is 18.4 Å². The molecule has 1 saturated carbocycles. The van der Waals surface area contributed by atoms with Gasteiger partial charge in [-0.3, -0.25) is 0 Å². The second kappa shape index (κ2) is 22.3. The molecule has 0 saturated heterocycles. The van der Waals surface area contributed by atoms with Crippen molar-refractivity contribution in [2.75, 3.05) is 0 Å². The number of rotatable bonds is 22. The Kier molecular flexibility index (Phi) is 21.5. The summed E-state index contributed by atoms with van der Waals surface area (Å²) in [6, 6.07) is 0. The van der Waals surface area contributed by atoms with Crippen LogP contribution in [0.2, 0.25) is 17.2 Å². The quantitative estimate of drug-likeness (QED) is 0.0708. The maximum atomic E-state index is 2.36. The van der Waals surface area contributed by atoms with E-state index in [0.717, 1.165) is 0 Å². The fraction of sp³-hybridized carbons (Fsp3) is 1.00. The average molecular weight is 556 g/mol.